The summed E-state index contributed by atoms with van der Waals surface area (Å²) >= 11 is 0. The quantitative estimate of drug-likeness (QED) is 0.654. The number of rotatable bonds is 5. The van der Waals surface area contributed by atoms with Crippen molar-refractivity contribution in [2.75, 3.05) is 0 Å². The molecular weight excluding hydrogens is 335 g/mol. The Kier molecular flexibility index (Phi) is 5.58. The molecule has 0 saturated heterocycles. The normalized spacial score (nSPS) is 13.8. The van der Waals surface area contributed by atoms with E-state index in [0.29, 0.717) is 5.56 Å². The van der Waals surface area contributed by atoms with E-state index in [0.717, 1.165) is 12.1 Å². The molecule has 0 saturated carbocycles. The van der Waals surface area contributed by atoms with E-state index in [4.69, 9.17) is 4.74 Å². The van der Waals surface area contributed by atoms with Crippen molar-refractivity contribution in [1.82, 2.24) is 4.98 Å². The third-order valence-electron chi connectivity index (χ3n) is 3.56. The van der Waals surface area contributed by atoms with Crippen molar-refractivity contribution >= 4 is 5.97 Å². The van der Waals surface area contributed by atoms with Crippen molar-refractivity contribution in [2.45, 2.75) is 25.3 Å². The summed E-state index contributed by atoms with van der Waals surface area (Å²) in [5, 5.41) is 10.1. The molecule has 1 heterocycles. The first-order chi connectivity index (χ1) is 11.7. The fourth-order valence-corrected chi connectivity index (χ4v) is 2.12. The fourth-order valence-electron chi connectivity index (χ4n) is 2.12. The van der Waals surface area contributed by atoms with E-state index in [9.17, 15) is 23.1 Å². The summed E-state index contributed by atoms with van der Waals surface area (Å²) < 4.78 is 43.4. The number of hydrogen-bond donors (Lipinski definition) is 1. The lowest BCUT2D eigenvalue weighted by molar-refractivity contribution is -0.145. The number of esters is 1. The van der Waals surface area contributed by atoms with Crippen LogP contribution in [0.25, 0.3) is 0 Å². The van der Waals surface area contributed by atoms with E-state index < -0.39 is 29.9 Å². The molecule has 2 rings (SSSR count). The number of benzene rings is 1. The number of carbonyl (C=O) groups is 1. The van der Waals surface area contributed by atoms with E-state index in [1.165, 1.54) is 31.5 Å². The zero-order valence-electron chi connectivity index (χ0n) is 13.3. The summed E-state index contributed by atoms with van der Waals surface area (Å²) in [4.78, 5) is 15.9. The Morgan fingerprint density at radius 2 is 1.92 bits per heavy atom. The van der Waals surface area contributed by atoms with Crippen molar-refractivity contribution in [2.24, 2.45) is 0 Å². The molecule has 0 radical (unpaired) electrons. The first kappa shape index (κ1) is 18.7. The molecule has 0 fully saturated rings. The largest absolute Gasteiger partial charge is 0.454 e. The van der Waals surface area contributed by atoms with Crippen LogP contribution in [-0.4, -0.2) is 16.1 Å². The van der Waals surface area contributed by atoms with Gasteiger partial charge in [0.05, 0.1) is 11.1 Å². The van der Waals surface area contributed by atoms with Crippen LogP contribution in [0, 0.1) is 0 Å². The first-order valence-electron chi connectivity index (χ1n) is 7.35. The summed E-state index contributed by atoms with van der Waals surface area (Å²) in [6.45, 7) is 4.94. The average molecular weight is 351 g/mol. The highest BCUT2D eigenvalue weighted by Gasteiger charge is 2.31. The third kappa shape index (κ3) is 4.67. The number of aliphatic hydroxyl groups excluding tert-OH is 1. The lowest BCUT2D eigenvalue weighted by Gasteiger charge is -2.18. The number of alkyl halides is 3. The maximum Gasteiger partial charge on any atom is 0.416 e. The molecule has 2 unspecified atom stereocenters. The van der Waals surface area contributed by atoms with E-state index in [1.807, 2.05) is 0 Å². The Labute approximate surface area is 142 Å². The van der Waals surface area contributed by atoms with Gasteiger partial charge >= 0.3 is 12.1 Å². The van der Waals surface area contributed by atoms with Gasteiger partial charge < -0.3 is 9.84 Å². The molecule has 2 aromatic rings. The smallest absolute Gasteiger partial charge is 0.416 e. The SMILES string of the molecule is C=C(C(=O)OC(C)c1cccc(C(F)(F)F)c1)C(O)c1cccnc1. The number of aliphatic hydroxyl groups is 1. The maximum atomic E-state index is 12.8. The van der Waals surface area contributed by atoms with Crippen LogP contribution in [0.5, 0.6) is 0 Å². The molecule has 4 nitrogen and oxygen atoms in total. The Morgan fingerprint density at radius 1 is 1.24 bits per heavy atom. The van der Waals surface area contributed by atoms with Crippen molar-refractivity contribution in [3.05, 3.63) is 77.6 Å². The lowest BCUT2D eigenvalue weighted by Crippen LogP contribution is -2.16. The molecule has 0 amide bonds. The van der Waals surface area contributed by atoms with Crippen molar-refractivity contribution < 1.29 is 27.8 Å². The molecule has 0 aliphatic heterocycles. The Morgan fingerprint density at radius 3 is 2.52 bits per heavy atom. The standard InChI is InChI=1S/C18H16F3NO3/c1-11(16(23)14-6-4-8-22-10-14)17(24)25-12(2)13-5-3-7-15(9-13)18(19,20)21/h3-10,12,16,23H,1H2,2H3. The van der Waals surface area contributed by atoms with Gasteiger partial charge in [0.1, 0.15) is 12.2 Å². The highest BCUT2D eigenvalue weighted by molar-refractivity contribution is 5.89. The molecule has 1 aromatic heterocycles. The van der Waals surface area contributed by atoms with Crippen LogP contribution in [0.1, 0.15) is 35.8 Å². The molecular formula is C18H16F3NO3. The monoisotopic (exact) mass is 351 g/mol. The number of nitrogens with zero attached hydrogens (tertiary/aromatic N) is 1. The van der Waals surface area contributed by atoms with Crippen molar-refractivity contribution in [3.63, 3.8) is 0 Å². The topological polar surface area (TPSA) is 59.4 Å². The van der Waals surface area contributed by atoms with Gasteiger partial charge in [-0.2, -0.15) is 13.2 Å². The van der Waals surface area contributed by atoms with E-state index in [2.05, 4.69) is 11.6 Å². The second kappa shape index (κ2) is 7.48. The second-order valence-corrected chi connectivity index (χ2v) is 5.38. The predicted molar refractivity (Wildman–Crippen MR) is 84.3 cm³/mol. The minimum absolute atomic E-state index is 0.187. The average Bonchev–Trinajstić information content (AvgIpc) is 2.60. The van der Waals surface area contributed by atoms with E-state index in [1.54, 1.807) is 12.1 Å². The molecule has 0 bridgehead atoms. The summed E-state index contributed by atoms with van der Waals surface area (Å²) in [5.74, 6) is -0.902. The molecule has 1 N–H and O–H groups in total. The van der Waals surface area contributed by atoms with Gasteiger partial charge in [-0.1, -0.05) is 24.8 Å². The Balaban J connectivity index is 2.08. The van der Waals surface area contributed by atoms with Crippen molar-refractivity contribution in [1.29, 1.82) is 0 Å². The van der Waals surface area contributed by atoms with Crippen LogP contribution in [-0.2, 0) is 15.7 Å². The summed E-state index contributed by atoms with van der Waals surface area (Å²) in [5.41, 5.74) is -0.517. The van der Waals surface area contributed by atoms with Crippen LogP contribution in [0.4, 0.5) is 13.2 Å². The van der Waals surface area contributed by atoms with Crippen LogP contribution in [0.3, 0.4) is 0 Å². The van der Waals surface area contributed by atoms with Crippen LogP contribution >= 0.6 is 0 Å². The molecule has 1 aromatic carbocycles. The van der Waals surface area contributed by atoms with Gasteiger partial charge in [-0.15, -0.1) is 0 Å². The third-order valence-corrected chi connectivity index (χ3v) is 3.56. The van der Waals surface area contributed by atoms with E-state index >= 15 is 0 Å². The van der Waals surface area contributed by atoms with Gasteiger partial charge in [0.25, 0.3) is 0 Å². The lowest BCUT2D eigenvalue weighted by atomic mass is 10.0. The predicted octanol–water partition coefficient (Wildman–Crippen LogP) is 3.99. The molecule has 0 aliphatic rings. The minimum atomic E-state index is -4.49. The van der Waals surface area contributed by atoms with E-state index in [-0.39, 0.29) is 11.1 Å². The molecule has 25 heavy (non-hydrogen) atoms. The number of aromatic nitrogens is 1. The Bertz CT molecular complexity index is 760. The molecule has 2 atom stereocenters. The zero-order valence-corrected chi connectivity index (χ0v) is 13.3. The zero-order chi connectivity index (χ0) is 18.6. The van der Waals surface area contributed by atoms with Gasteiger partial charge in [0, 0.05) is 18.0 Å². The van der Waals surface area contributed by atoms with Gasteiger partial charge in [0.15, 0.2) is 0 Å². The van der Waals surface area contributed by atoms with Crippen LogP contribution in [0.2, 0.25) is 0 Å². The number of ether oxygens (including phenoxy) is 1. The number of carbonyl (C=O) groups excluding carboxylic acids is 1. The first-order valence-corrected chi connectivity index (χ1v) is 7.35. The van der Waals surface area contributed by atoms with Crippen LogP contribution < -0.4 is 0 Å². The highest BCUT2D eigenvalue weighted by Crippen LogP contribution is 2.31. The van der Waals surface area contributed by atoms with Gasteiger partial charge in [-0.25, -0.2) is 4.79 Å². The maximum absolute atomic E-state index is 12.8. The van der Waals surface area contributed by atoms with Crippen molar-refractivity contribution in [3.8, 4) is 0 Å². The molecule has 7 heteroatoms. The molecule has 132 valence electrons. The number of halogens is 3. The Hall–Kier alpha value is -2.67. The fraction of sp³-hybridized carbons (Fsp3) is 0.222. The summed E-state index contributed by atoms with van der Waals surface area (Å²) in [6, 6.07) is 7.66. The highest BCUT2D eigenvalue weighted by atomic mass is 19.4. The second-order valence-electron chi connectivity index (χ2n) is 5.38. The molecule has 0 aliphatic carbocycles. The summed E-state index contributed by atoms with van der Waals surface area (Å²) in [6.07, 6.45) is -3.85. The van der Waals surface area contributed by atoms with Gasteiger partial charge in [0.2, 0.25) is 0 Å². The number of pyridine rings is 1. The van der Waals surface area contributed by atoms with Gasteiger partial charge in [-0.05, 0) is 30.7 Å². The minimum Gasteiger partial charge on any atom is -0.454 e. The van der Waals surface area contributed by atoms with Crippen LogP contribution in [0.15, 0.2) is 60.9 Å². The van der Waals surface area contributed by atoms with Gasteiger partial charge in [-0.3, -0.25) is 4.98 Å². The number of hydrogen-bond acceptors (Lipinski definition) is 4. The summed E-state index contributed by atoms with van der Waals surface area (Å²) in [7, 11) is 0. The molecule has 0 spiro atoms.